The number of aliphatic carboxylic acids is 2. The Hall–Kier alpha value is -4.63. The molecule has 1 heterocycles. The second-order valence-corrected chi connectivity index (χ2v) is 17.5. The molecule has 0 unspecified atom stereocenters. The number of nitrogens with one attached hydrogen (secondary N) is 6. The normalized spacial score (nSPS) is 16.8. The van der Waals surface area contributed by atoms with E-state index in [1.54, 1.807) is 13.8 Å². The fourth-order valence-corrected chi connectivity index (χ4v) is 8.38. The molecule has 27 heteroatoms. The molecule has 64 heavy (non-hydrogen) atoms. The van der Waals surface area contributed by atoms with Gasteiger partial charge in [0.15, 0.2) is 5.96 Å². The summed E-state index contributed by atoms with van der Waals surface area (Å²) in [7, 11) is 0. The van der Waals surface area contributed by atoms with E-state index in [4.69, 9.17) is 22.9 Å². The fraction of sp³-hybridized carbons (Fsp3) is 0.730. The molecule has 1 aliphatic rings. The average molecular weight is 998 g/mol. The third kappa shape index (κ3) is 20.9. The third-order valence-corrected chi connectivity index (χ3v) is 11.9. The van der Waals surface area contributed by atoms with Crippen LogP contribution in [0.4, 0.5) is 0 Å². The number of carbonyl (C=O) groups excluding carboxylic acids is 7. The number of hydrogen-bond acceptors (Lipinski definition) is 16. The molecule has 0 aliphatic carbocycles. The number of carbonyl (C=O) groups is 9. The number of unbranched alkanes of at least 4 members (excludes halogenated alkanes) is 1. The van der Waals surface area contributed by atoms with Crippen molar-refractivity contribution in [3.8, 4) is 0 Å². The van der Waals surface area contributed by atoms with Gasteiger partial charge < -0.3 is 38.0 Å². The van der Waals surface area contributed by atoms with Gasteiger partial charge in [-0.3, -0.25) is 24.2 Å². The zero-order chi connectivity index (χ0) is 48.5. The molecule has 1 rings (SSSR count). The Labute approximate surface area is 382 Å². The molecule has 0 bridgehead atoms. The number of amides is 6. The van der Waals surface area contributed by atoms with Crippen LogP contribution in [0.1, 0.15) is 78.1 Å². The molecule has 6 amide bonds. The summed E-state index contributed by atoms with van der Waals surface area (Å²) in [4.78, 5) is 122. The molecule has 0 aromatic carbocycles. The molecule has 0 spiro atoms. The van der Waals surface area contributed by atoms with E-state index < -0.39 is 142 Å². The summed E-state index contributed by atoms with van der Waals surface area (Å²) in [5.74, 6) is -8.27. The number of guanidine groups is 1. The van der Waals surface area contributed by atoms with Crippen LogP contribution >= 0.6 is 12.6 Å². The van der Waals surface area contributed by atoms with Crippen molar-refractivity contribution < 1.29 is 63.6 Å². The van der Waals surface area contributed by atoms with E-state index in [9.17, 15) is 63.6 Å². The van der Waals surface area contributed by atoms with Crippen molar-refractivity contribution in [1.29, 1.82) is 0 Å². The van der Waals surface area contributed by atoms with Crippen LogP contribution in [0.5, 0.6) is 0 Å². The second kappa shape index (κ2) is 30.5. The van der Waals surface area contributed by atoms with Crippen molar-refractivity contribution in [2.24, 2.45) is 33.8 Å². The minimum atomic E-state index is -1.61. The van der Waals surface area contributed by atoms with Crippen molar-refractivity contribution in [3.05, 3.63) is 0 Å². The zero-order valence-electron chi connectivity index (χ0n) is 36.0. The van der Waals surface area contributed by atoms with Crippen molar-refractivity contribution in [3.63, 3.8) is 0 Å². The molecule has 0 aromatic rings. The first-order valence-corrected chi connectivity index (χ1v) is 23.1. The molecule has 1 aliphatic heterocycles. The first-order chi connectivity index (χ1) is 30.2. The Bertz CT molecular complexity index is 1630. The quantitative estimate of drug-likeness (QED) is 0.00980. The van der Waals surface area contributed by atoms with Gasteiger partial charge in [-0.05, 0) is 25.2 Å². The SMILES string of the molecule is CC(C)C[C@H](NC(=O)[C@H](CCC(=O)O)NC(=O)[C@@H](N)CO)C(=O)N[C@@H](CCCN=C(N)N)C(=O)N[C@@H](CO)C(=O)N1CCC[C@H]1C(=O)N[C@@H](CCCCN)C(=O)[Se]N[C@@H](CS)C(=O)O. The van der Waals surface area contributed by atoms with Crippen molar-refractivity contribution >= 4 is 85.8 Å². The van der Waals surface area contributed by atoms with Gasteiger partial charge in [0.05, 0.1) is 6.61 Å². The van der Waals surface area contributed by atoms with Crippen molar-refractivity contribution in [2.45, 2.75) is 126 Å². The number of aliphatic imine (C=N–C) groups is 1. The molecule has 364 valence electrons. The summed E-state index contributed by atoms with van der Waals surface area (Å²) in [5, 5.41) is 50.6. The molecular formula is C37H66N12O13SSe. The predicted octanol–water partition coefficient (Wildman–Crippen LogP) is -6.07. The molecule has 0 saturated carbocycles. The Morgan fingerprint density at radius 2 is 1.34 bits per heavy atom. The third-order valence-electron chi connectivity index (χ3n) is 9.70. The van der Waals surface area contributed by atoms with Crippen LogP contribution in [-0.4, -0.2) is 185 Å². The number of carboxylic acids is 2. The summed E-state index contributed by atoms with van der Waals surface area (Å²) in [6.45, 7) is 2.17. The molecule has 18 N–H and O–H groups in total. The minimum absolute atomic E-state index is 0.00130. The van der Waals surface area contributed by atoms with Crippen molar-refractivity contribution in [2.75, 3.05) is 38.6 Å². The van der Waals surface area contributed by atoms with Crippen molar-refractivity contribution in [1.82, 2.24) is 35.8 Å². The van der Waals surface area contributed by atoms with Gasteiger partial charge in [0.1, 0.15) is 18.1 Å². The molecule has 8 atom stereocenters. The van der Waals surface area contributed by atoms with E-state index in [1.165, 1.54) is 0 Å². The maximum atomic E-state index is 13.9. The van der Waals surface area contributed by atoms with E-state index in [1.807, 2.05) is 0 Å². The summed E-state index contributed by atoms with van der Waals surface area (Å²) in [6, 6.07) is -10.5. The standard InChI is InChI=1S/C37H66N12O13SSe/c1-19(2)15-24(46-31(56)22(10-11-28(52)53)43-29(54)20(39)16-50)32(57)44-21(8-5-13-42-37(40)41)30(55)47-25(17-51)34(59)49-14-6-9-27(49)33(58)45-23(7-3-4-12-38)36(62)64-48-26(18-63)35(60)61/h19-27,48,50-51,63H,3-18,38-39H2,1-2H3,(H,43,54)(H,44,57)(H,45,58)(H,46,56)(H,47,55)(H,52,53)(H,60,61)(H4,40,41,42)/t20-,21-,22-,23-,24-,25-,26-,27-/m0/s1. The van der Waals surface area contributed by atoms with Crippen LogP contribution in [0.3, 0.4) is 0 Å². The monoisotopic (exact) mass is 998 g/mol. The average Bonchev–Trinajstić information content (AvgIpc) is 3.74. The zero-order valence-corrected chi connectivity index (χ0v) is 38.6. The van der Waals surface area contributed by atoms with Gasteiger partial charge >= 0.3 is 221 Å². The van der Waals surface area contributed by atoms with Gasteiger partial charge in [0.25, 0.3) is 0 Å². The number of rotatable bonds is 32. The van der Waals surface area contributed by atoms with Gasteiger partial charge in [-0.15, -0.1) is 0 Å². The van der Waals surface area contributed by atoms with E-state index in [2.05, 4.69) is 48.5 Å². The van der Waals surface area contributed by atoms with Crippen LogP contribution < -0.4 is 53.9 Å². The molecule has 1 saturated heterocycles. The van der Waals surface area contributed by atoms with Crippen LogP contribution in [0.15, 0.2) is 4.99 Å². The first kappa shape index (κ1) is 57.4. The number of likely N-dealkylation sites (tertiary alicyclic amines) is 1. The topological polar surface area (TPSA) is 426 Å². The Kier molecular flexibility index (Phi) is 27.3. The second-order valence-electron chi connectivity index (χ2n) is 15.4. The summed E-state index contributed by atoms with van der Waals surface area (Å²) in [6.07, 6.45) is 0.780. The van der Waals surface area contributed by atoms with Gasteiger partial charge in [0.2, 0.25) is 17.7 Å². The molecule has 0 aromatic heterocycles. The Morgan fingerprint density at radius 1 is 0.766 bits per heavy atom. The first-order valence-electron chi connectivity index (χ1n) is 20.8. The maximum absolute atomic E-state index is 13.9. The van der Waals surface area contributed by atoms with Gasteiger partial charge in [-0.25, -0.2) is 0 Å². The number of nitrogens with two attached hydrogens (primary N) is 4. The predicted molar refractivity (Wildman–Crippen MR) is 235 cm³/mol. The molecule has 25 nitrogen and oxygen atoms in total. The number of aliphatic hydroxyl groups is 2. The number of aliphatic hydroxyl groups excluding tert-OH is 2. The Morgan fingerprint density at radius 3 is 1.89 bits per heavy atom. The Balaban J connectivity index is 3.32. The van der Waals surface area contributed by atoms with E-state index in [0.29, 0.717) is 25.8 Å². The molecular weight excluding hydrogens is 932 g/mol. The number of hydrogen-bond donors (Lipinski definition) is 15. The van der Waals surface area contributed by atoms with Gasteiger partial charge in [0, 0.05) is 13.0 Å². The number of thiol groups is 1. The van der Waals surface area contributed by atoms with E-state index in [0.717, 1.165) is 4.90 Å². The van der Waals surface area contributed by atoms with Crippen LogP contribution in [0.25, 0.3) is 0 Å². The van der Waals surface area contributed by atoms with Crippen LogP contribution in [0, 0.1) is 5.92 Å². The van der Waals surface area contributed by atoms with Gasteiger partial charge in [-0.1, -0.05) is 13.8 Å². The van der Waals surface area contributed by atoms with Crippen LogP contribution in [0.2, 0.25) is 0 Å². The summed E-state index contributed by atoms with van der Waals surface area (Å²) in [5.41, 5.74) is 22.0. The van der Waals surface area contributed by atoms with Gasteiger partial charge in [-0.2, -0.15) is 0 Å². The summed E-state index contributed by atoms with van der Waals surface area (Å²) < 4.78 is 2.22. The number of nitrogens with zero attached hydrogens (tertiary/aromatic N) is 2. The fourth-order valence-electron chi connectivity index (χ4n) is 6.26. The summed E-state index contributed by atoms with van der Waals surface area (Å²) >= 11 is 2.93. The molecule has 1 fully saturated rings. The molecule has 0 radical (unpaired) electrons. The van der Waals surface area contributed by atoms with E-state index in [-0.39, 0.29) is 62.8 Å². The number of carboxylic acid groups (broad SMARTS) is 2. The van der Waals surface area contributed by atoms with Crippen LogP contribution in [-0.2, 0) is 43.2 Å². The van der Waals surface area contributed by atoms with E-state index >= 15 is 0 Å².